The third-order valence-corrected chi connectivity index (χ3v) is 9.50. The highest BCUT2D eigenvalue weighted by molar-refractivity contribution is 5.66. The minimum Gasteiger partial charge on any atom is -0.490 e. The monoisotopic (exact) mass is 578 g/mol. The lowest BCUT2D eigenvalue weighted by molar-refractivity contribution is 0.0902. The number of ether oxygens (including phenoxy) is 1. The van der Waals surface area contributed by atoms with Gasteiger partial charge in [-0.05, 0) is 117 Å². The van der Waals surface area contributed by atoms with Crippen molar-refractivity contribution in [2.75, 3.05) is 6.61 Å². The van der Waals surface area contributed by atoms with E-state index >= 15 is 8.78 Å². The third kappa shape index (κ3) is 6.76. The average Bonchev–Trinajstić information content (AvgIpc) is 3.01. The van der Waals surface area contributed by atoms with Crippen LogP contribution in [0.25, 0.3) is 11.1 Å². The summed E-state index contributed by atoms with van der Waals surface area (Å²) in [7, 11) is 0. The lowest BCUT2D eigenvalue weighted by Gasteiger charge is -2.42. The largest absolute Gasteiger partial charge is 0.490 e. The SMILES string of the molecule is C/C=C/CCc1ccc(-c2ccc(OCC3CCC4CC(c5ccc(CCC)cc5)CCC4C3)c(F)c2F)c(F)c1F. The van der Waals surface area contributed by atoms with E-state index in [-0.39, 0.29) is 22.4 Å². The average molecular weight is 579 g/mol. The summed E-state index contributed by atoms with van der Waals surface area (Å²) in [5.41, 5.74) is 2.47. The quantitative estimate of drug-likeness (QED) is 0.172. The Labute approximate surface area is 248 Å². The smallest absolute Gasteiger partial charge is 0.201 e. The van der Waals surface area contributed by atoms with E-state index in [9.17, 15) is 8.78 Å². The summed E-state index contributed by atoms with van der Waals surface area (Å²) in [5, 5.41) is 0. The molecule has 1 nitrogen and oxygen atoms in total. The van der Waals surface area contributed by atoms with E-state index in [0.29, 0.717) is 43.1 Å². The first-order valence-electron chi connectivity index (χ1n) is 15.7. The molecule has 0 heterocycles. The van der Waals surface area contributed by atoms with Gasteiger partial charge < -0.3 is 4.74 Å². The van der Waals surface area contributed by atoms with E-state index in [4.69, 9.17) is 4.74 Å². The molecular formula is C37H42F4O. The summed E-state index contributed by atoms with van der Waals surface area (Å²) < 4.78 is 65.4. The molecule has 3 aromatic carbocycles. The molecule has 4 unspecified atom stereocenters. The molecule has 2 aliphatic rings. The number of allylic oxidation sites excluding steroid dienone is 2. The van der Waals surface area contributed by atoms with E-state index in [1.165, 1.54) is 54.7 Å². The number of hydrogen-bond acceptors (Lipinski definition) is 1. The molecule has 0 N–H and O–H groups in total. The number of aryl methyl sites for hydroxylation is 2. The van der Waals surface area contributed by atoms with Crippen molar-refractivity contribution in [3.8, 4) is 16.9 Å². The number of rotatable bonds is 10. The van der Waals surface area contributed by atoms with Gasteiger partial charge in [0.15, 0.2) is 23.2 Å². The van der Waals surface area contributed by atoms with E-state index < -0.39 is 23.3 Å². The summed E-state index contributed by atoms with van der Waals surface area (Å²) in [6.07, 6.45) is 13.7. The Morgan fingerprint density at radius 1 is 0.738 bits per heavy atom. The van der Waals surface area contributed by atoms with Gasteiger partial charge in [0.05, 0.1) is 6.61 Å². The van der Waals surface area contributed by atoms with Crippen LogP contribution in [0.2, 0.25) is 0 Å². The van der Waals surface area contributed by atoms with Gasteiger partial charge in [-0.3, -0.25) is 0 Å². The summed E-state index contributed by atoms with van der Waals surface area (Å²) >= 11 is 0. The first-order chi connectivity index (χ1) is 20.4. The highest BCUT2D eigenvalue weighted by Crippen LogP contribution is 2.47. The topological polar surface area (TPSA) is 9.23 Å². The summed E-state index contributed by atoms with van der Waals surface area (Å²) in [5.74, 6) is -2.50. The van der Waals surface area contributed by atoms with Crippen LogP contribution >= 0.6 is 0 Å². The van der Waals surface area contributed by atoms with Crippen molar-refractivity contribution in [2.24, 2.45) is 17.8 Å². The fraction of sp³-hybridized carbons (Fsp3) is 0.459. The van der Waals surface area contributed by atoms with Gasteiger partial charge in [0, 0.05) is 11.1 Å². The first-order valence-corrected chi connectivity index (χ1v) is 15.7. The molecule has 0 bridgehead atoms. The number of fused-ring (bicyclic) bond motifs is 1. The van der Waals surface area contributed by atoms with Gasteiger partial charge in [-0.2, -0.15) is 4.39 Å². The molecule has 0 saturated heterocycles. The molecule has 3 aromatic rings. The van der Waals surface area contributed by atoms with Gasteiger partial charge in [-0.1, -0.05) is 61.9 Å². The zero-order valence-electron chi connectivity index (χ0n) is 24.8. The third-order valence-electron chi connectivity index (χ3n) is 9.50. The van der Waals surface area contributed by atoms with Crippen molar-refractivity contribution in [1.82, 2.24) is 0 Å². The maximum absolute atomic E-state index is 15.1. The number of benzene rings is 3. The van der Waals surface area contributed by atoms with Gasteiger partial charge in [-0.25, -0.2) is 13.2 Å². The summed E-state index contributed by atoms with van der Waals surface area (Å²) in [6.45, 7) is 4.39. The molecule has 4 atom stereocenters. The Balaban J connectivity index is 1.17. The van der Waals surface area contributed by atoms with Crippen LogP contribution < -0.4 is 4.74 Å². The lowest BCUT2D eigenvalue weighted by Crippen LogP contribution is -2.32. The van der Waals surface area contributed by atoms with E-state index in [2.05, 4.69) is 31.2 Å². The van der Waals surface area contributed by atoms with Crippen LogP contribution in [0, 0.1) is 41.0 Å². The molecule has 224 valence electrons. The molecular weight excluding hydrogens is 536 g/mol. The van der Waals surface area contributed by atoms with Crippen molar-refractivity contribution >= 4 is 0 Å². The molecule has 0 amide bonds. The molecule has 0 aliphatic heterocycles. The van der Waals surface area contributed by atoms with Crippen LogP contribution in [0.15, 0.2) is 60.7 Å². The van der Waals surface area contributed by atoms with Gasteiger partial charge in [0.1, 0.15) is 0 Å². The molecule has 0 aromatic heterocycles. The van der Waals surface area contributed by atoms with Crippen molar-refractivity contribution in [2.45, 2.75) is 84.0 Å². The minimum atomic E-state index is -1.22. The van der Waals surface area contributed by atoms with Crippen molar-refractivity contribution in [1.29, 1.82) is 0 Å². The molecule has 0 spiro atoms. The maximum Gasteiger partial charge on any atom is 0.201 e. The van der Waals surface area contributed by atoms with Crippen molar-refractivity contribution in [3.63, 3.8) is 0 Å². The predicted molar refractivity (Wildman–Crippen MR) is 162 cm³/mol. The van der Waals surface area contributed by atoms with Crippen LogP contribution in [0.3, 0.4) is 0 Å². The standard InChI is InChI=1S/C37H42F4O/c1-3-5-6-8-27-17-18-31(35(39)34(27)38)32-19-20-33(37(41)36(32)40)42-23-25-11-14-30-22-29(16-15-28(30)21-25)26-12-9-24(7-4-2)10-13-26/h3,5,9-10,12-13,17-20,25,28-30H,4,6-8,11,14-16,21-23H2,1-2H3/b5-3+. The molecule has 5 rings (SSSR count). The molecule has 2 saturated carbocycles. The Hall–Kier alpha value is -3.08. The van der Waals surface area contributed by atoms with Crippen molar-refractivity contribution in [3.05, 3.63) is 101 Å². The van der Waals surface area contributed by atoms with Crippen LogP contribution in [0.5, 0.6) is 5.75 Å². The highest BCUT2D eigenvalue weighted by Gasteiger charge is 2.36. The Morgan fingerprint density at radius 3 is 2.17 bits per heavy atom. The molecule has 2 fully saturated rings. The second kappa shape index (κ2) is 13.9. The number of halogens is 4. The number of hydrogen-bond donors (Lipinski definition) is 0. The van der Waals surface area contributed by atoms with E-state index in [1.807, 2.05) is 19.1 Å². The molecule has 42 heavy (non-hydrogen) atoms. The zero-order valence-corrected chi connectivity index (χ0v) is 24.8. The van der Waals surface area contributed by atoms with Crippen LogP contribution in [-0.2, 0) is 12.8 Å². The van der Waals surface area contributed by atoms with E-state index in [1.54, 1.807) is 0 Å². The Kier molecular flexibility index (Phi) is 10.1. The molecule has 2 aliphatic carbocycles. The Morgan fingerprint density at radius 2 is 1.43 bits per heavy atom. The van der Waals surface area contributed by atoms with Gasteiger partial charge in [0.2, 0.25) is 5.82 Å². The molecule has 0 radical (unpaired) electrons. The lowest BCUT2D eigenvalue weighted by atomic mass is 9.64. The van der Waals surface area contributed by atoms with Gasteiger partial charge >= 0.3 is 0 Å². The van der Waals surface area contributed by atoms with Gasteiger partial charge in [-0.15, -0.1) is 0 Å². The molecule has 5 heteroatoms. The van der Waals surface area contributed by atoms with Crippen LogP contribution in [0.4, 0.5) is 17.6 Å². The van der Waals surface area contributed by atoms with E-state index in [0.717, 1.165) is 32.1 Å². The van der Waals surface area contributed by atoms with Crippen LogP contribution in [0.1, 0.15) is 87.8 Å². The van der Waals surface area contributed by atoms with Crippen LogP contribution in [-0.4, -0.2) is 6.61 Å². The first kappa shape index (κ1) is 30.4. The highest BCUT2D eigenvalue weighted by atomic mass is 19.2. The fourth-order valence-electron chi connectivity index (χ4n) is 7.14. The fourth-order valence-corrected chi connectivity index (χ4v) is 7.14. The minimum absolute atomic E-state index is 0.183. The van der Waals surface area contributed by atoms with Crippen molar-refractivity contribution < 1.29 is 22.3 Å². The second-order valence-corrected chi connectivity index (χ2v) is 12.3. The maximum atomic E-state index is 15.1. The zero-order chi connectivity index (χ0) is 29.6. The summed E-state index contributed by atoms with van der Waals surface area (Å²) in [6, 6.07) is 14.6. The second-order valence-electron chi connectivity index (χ2n) is 12.3. The predicted octanol–water partition coefficient (Wildman–Crippen LogP) is 10.8. The Bertz CT molecular complexity index is 1380. The normalized spacial score (nSPS) is 22.3. The summed E-state index contributed by atoms with van der Waals surface area (Å²) in [4.78, 5) is 0. The van der Waals surface area contributed by atoms with Gasteiger partial charge in [0.25, 0.3) is 0 Å².